The number of hydrogen-bond donors (Lipinski definition) is 0. The van der Waals surface area contributed by atoms with Gasteiger partial charge in [-0.15, -0.1) is 0 Å². The first kappa shape index (κ1) is 19.1. The van der Waals surface area contributed by atoms with E-state index >= 15 is 0 Å². The molecule has 0 aliphatic carbocycles. The molecular weight excluding hydrogens is 329 g/mol. The summed E-state index contributed by atoms with van der Waals surface area (Å²) in [7, 11) is 0. The molecule has 2 nitrogen and oxygen atoms in total. The van der Waals surface area contributed by atoms with Crippen LogP contribution < -0.4 is 0 Å². The van der Waals surface area contributed by atoms with Crippen LogP contribution in [0.2, 0.25) is 10.0 Å². The third kappa shape index (κ3) is 5.09. The lowest BCUT2D eigenvalue weighted by molar-refractivity contribution is 0.108. The monoisotopic (exact) mass is 357 g/mol. The van der Waals surface area contributed by atoms with E-state index in [1.165, 1.54) is 37.9 Å². The van der Waals surface area contributed by atoms with Crippen molar-refractivity contribution in [3.63, 3.8) is 0 Å². The zero-order valence-corrected chi connectivity index (χ0v) is 15.9. The van der Waals surface area contributed by atoms with Crippen molar-refractivity contribution in [3.8, 4) is 0 Å². The summed E-state index contributed by atoms with van der Waals surface area (Å²) in [6, 6.07) is 6.20. The van der Waals surface area contributed by atoms with Crippen LogP contribution in [0, 0.1) is 0 Å². The smallest absolute Gasteiger partial charge is 0.0595 e. The quantitative estimate of drug-likeness (QED) is 0.565. The van der Waals surface area contributed by atoms with Gasteiger partial charge in [-0.2, -0.15) is 0 Å². The van der Waals surface area contributed by atoms with E-state index in [9.17, 15) is 0 Å². The average Bonchev–Trinajstić information content (AvgIpc) is 2.55. The fraction of sp³-hybridized carbons (Fsp3) is 0.684. The predicted molar refractivity (Wildman–Crippen MR) is 99.8 cm³/mol. The van der Waals surface area contributed by atoms with Gasteiger partial charge in [-0.25, -0.2) is 0 Å². The van der Waals surface area contributed by atoms with E-state index in [1.807, 2.05) is 6.07 Å². The number of rotatable bonds is 8. The Kier molecular flexibility index (Phi) is 7.68. The largest absolute Gasteiger partial charge is 0.382 e. The molecule has 1 heterocycles. The van der Waals surface area contributed by atoms with Crippen molar-refractivity contribution in [3.05, 3.63) is 33.8 Å². The minimum absolute atomic E-state index is 0.179. The standard InChI is InChI=1S/C19H29Cl2NO/c1-3-11-22-12-5-9-19(15-22,10-6-13-23-4-2)16-7-8-17(20)18(21)14-16/h7-8,14H,3-6,9-13,15H2,1-2H3. The Labute approximate surface area is 151 Å². The van der Waals surface area contributed by atoms with Crippen LogP contribution in [0.1, 0.15) is 51.5 Å². The Hall–Kier alpha value is -0.280. The van der Waals surface area contributed by atoms with Gasteiger partial charge in [0.05, 0.1) is 10.0 Å². The van der Waals surface area contributed by atoms with Gasteiger partial charge in [-0.05, 0) is 69.8 Å². The summed E-state index contributed by atoms with van der Waals surface area (Å²) in [5.74, 6) is 0. The minimum atomic E-state index is 0.179. The van der Waals surface area contributed by atoms with Crippen LogP contribution in [0.4, 0.5) is 0 Å². The minimum Gasteiger partial charge on any atom is -0.382 e. The molecule has 1 fully saturated rings. The second kappa shape index (κ2) is 9.27. The van der Waals surface area contributed by atoms with Crippen LogP contribution in [0.5, 0.6) is 0 Å². The Bertz CT molecular complexity index is 492. The highest BCUT2D eigenvalue weighted by molar-refractivity contribution is 6.42. The molecule has 1 aliphatic rings. The molecule has 1 atom stereocenters. The predicted octanol–water partition coefficient (Wildman–Crippen LogP) is 5.55. The molecule has 2 rings (SSSR count). The molecule has 4 heteroatoms. The highest BCUT2D eigenvalue weighted by Gasteiger charge is 2.36. The van der Waals surface area contributed by atoms with Crippen molar-refractivity contribution in [2.45, 2.75) is 51.4 Å². The molecule has 1 aromatic rings. The molecular formula is C19H29Cl2NO. The van der Waals surface area contributed by atoms with E-state index in [0.717, 1.165) is 32.6 Å². The lowest BCUT2D eigenvalue weighted by Gasteiger charge is -2.44. The molecule has 130 valence electrons. The lowest BCUT2D eigenvalue weighted by Crippen LogP contribution is -2.46. The van der Waals surface area contributed by atoms with Crippen LogP contribution in [0.25, 0.3) is 0 Å². The fourth-order valence-corrected chi connectivity index (χ4v) is 4.10. The molecule has 1 unspecified atom stereocenters. The summed E-state index contributed by atoms with van der Waals surface area (Å²) >= 11 is 12.4. The van der Waals surface area contributed by atoms with Crippen molar-refractivity contribution in [1.29, 1.82) is 0 Å². The topological polar surface area (TPSA) is 12.5 Å². The van der Waals surface area contributed by atoms with Crippen molar-refractivity contribution >= 4 is 23.2 Å². The number of piperidine rings is 1. The Morgan fingerprint density at radius 2 is 2.04 bits per heavy atom. The third-order valence-corrected chi connectivity index (χ3v) is 5.61. The Morgan fingerprint density at radius 3 is 2.74 bits per heavy atom. The first-order valence-electron chi connectivity index (χ1n) is 8.87. The maximum absolute atomic E-state index is 6.31. The van der Waals surface area contributed by atoms with E-state index < -0.39 is 0 Å². The second-order valence-corrected chi connectivity index (χ2v) is 7.40. The molecule has 0 amide bonds. The zero-order valence-electron chi connectivity index (χ0n) is 14.4. The molecule has 0 N–H and O–H groups in total. The number of nitrogens with zero attached hydrogens (tertiary/aromatic N) is 1. The van der Waals surface area contributed by atoms with Crippen molar-refractivity contribution < 1.29 is 4.74 Å². The summed E-state index contributed by atoms with van der Waals surface area (Å²) < 4.78 is 5.56. The highest BCUT2D eigenvalue weighted by atomic mass is 35.5. The third-order valence-electron chi connectivity index (χ3n) is 4.88. The number of halogens is 2. The summed E-state index contributed by atoms with van der Waals surface area (Å²) in [6.07, 6.45) is 5.90. The number of ether oxygens (including phenoxy) is 1. The van der Waals surface area contributed by atoms with E-state index in [1.54, 1.807) is 0 Å². The van der Waals surface area contributed by atoms with Crippen LogP contribution >= 0.6 is 23.2 Å². The maximum atomic E-state index is 6.31. The van der Waals surface area contributed by atoms with Gasteiger partial charge in [-0.3, -0.25) is 0 Å². The SMILES string of the molecule is CCCN1CCCC(CCCOCC)(c2ccc(Cl)c(Cl)c2)C1. The van der Waals surface area contributed by atoms with Gasteiger partial charge in [0, 0.05) is 25.2 Å². The molecule has 0 radical (unpaired) electrons. The number of benzene rings is 1. The van der Waals surface area contributed by atoms with Crippen LogP contribution in [-0.2, 0) is 10.2 Å². The molecule has 0 aromatic heterocycles. The van der Waals surface area contributed by atoms with E-state index in [2.05, 4.69) is 30.9 Å². The van der Waals surface area contributed by atoms with Gasteiger partial charge in [0.25, 0.3) is 0 Å². The Morgan fingerprint density at radius 1 is 1.22 bits per heavy atom. The highest BCUT2D eigenvalue weighted by Crippen LogP contribution is 2.40. The summed E-state index contributed by atoms with van der Waals surface area (Å²) in [5.41, 5.74) is 1.52. The molecule has 1 saturated heterocycles. The molecule has 1 aliphatic heterocycles. The summed E-state index contributed by atoms with van der Waals surface area (Å²) in [5, 5.41) is 1.31. The Balaban J connectivity index is 2.20. The average molecular weight is 358 g/mol. The van der Waals surface area contributed by atoms with Crippen molar-refractivity contribution in [2.75, 3.05) is 32.8 Å². The molecule has 0 bridgehead atoms. The molecule has 1 aromatic carbocycles. The van der Waals surface area contributed by atoms with Crippen LogP contribution in [0.15, 0.2) is 18.2 Å². The van der Waals surface area contributed by atoms with Gasteiger partial charge in [0.2, 0.25) is 0 Å². The fourth-order valence-electron chi connectivity index (χ4n) is 3.80. The lowest BCUT2D eigenvalue weighted by atomic mass is 9.71. The molecule has 0 saturated carbocycles. The van der Waals surface area contributed by atoms with E-state index in [4.69, 9.17) is 27.9 Å². The number of hydrogen-bond acceptors (Lipinski definition) is 2. The summed E-state index contributed by atoms with van der Waals surface area (Å²) in [4.78, 5) is 2.60. The van der Waals surface area contributed by atoms with Gasteiger partial charge in [0.1, 0.15) is 0 Å². The van der Waals surface area contributed by atoms with Crippen molar-refractivity contribution in [2.24, 2.45) is 0 Å². The van der Waals surface area contributed by atoms with Gasteiger partial charge in [-0.1, -0.05) is 36.2 Å². The van der Waals surface area contributed by atoms with Crippen LogP contribution in [-0.4, -0.2) is 37.7 Å². The van der Waals surface area contributed by atoms with Crippen molar-refractivity contribution in [1.82, 2.24) is 4.90 Å². The van der Waals surface area contributed by atoms with Gasteiger partial charge in [0.15, 0.2) is 0 Å². The first-order valence-corrected chi connectivity index (χ1v) is 9.62. The number of likely N-dealkylation sites (tertiary alicyclic amines) is 1. The second-order valence-electron chi connectivity index (χ2n) is 6.59. The van der Waals surface area contributed by atoms with Crippen LogP contribution in [0.3, 0.4) is 0 Å². The molecule has 23 heavy (non-hydrogen) atoms. The van der Waals surface area contributed by atoms with Gasteiger partial charge >= 0.3 is 0 Å². The van der Waals surface area contributed by atoms with E-state index in [-0.39, 0.29) is 5.41 Å². The van der Waals surface area contributed by atoms with E-state index in [0.29, 0.717) is 10.0 Å². The molecule has 0 spiro atoms. The zero-order chi connectivity index (χ0) is 16.7. The first-order chi connectivity index (χ1) is 11.1. The normalized spacial score (nSPS) is 22.4. The maximum Gasteiger partial charge on any atom is 0.0595 e. The van der Waals surface area contributed by atoms with Gasteiger partial charge < -0.3 is 9.64 Å². The summed E-state index contributed by atoms with van der Waals surface area (Å²) in [6.45, 7) is 9.44.